The van der Waals surface area contributed by atoms with Crippen LogP contribution in [0.2, 0.25) is 0 Å². The molecule has 2 rings (SSSR count). The monoisotopic (exact) mass is 359 g/mol. The van der Waals surface area contributed by atoms with E-state index in [2.05, 4.69) is 11.3 Å². The first-order chi connectivity index (χ1) is 11.7. The highest BCUT2D eigenvalue weighted by molar-refractivity contribution is 7.89. The minimum Gasteiger partial charge on any atom is -0.388 e. The summed E-state index contributed by atoms with van der Waals surface area (Å²) in [4.78, 5) is 0.186. The SMILES string of the molecule is C=CC[C@](C)(O)[C@H](Cc1ccccc1)NS(=O)(=O)c1ccc(C)cc1. The lowest BCUT2D eigenvalue weighted by Crippen LogP contribution is -2.52. The van der Waals surface area contributed by atoms with Crippen LogP contribution in [0.4, 0.5) is 0 Å². The van der Waals surface area contributed by atoms with Crippen molar-refractivity contribution in [1.29, 1.82) is 0 Å². The number of benzene rings is 2. The van der Waals surface area contributed by atoms with Gasteiger partial charge in [-0.3, -0.25) is 0 Å². The van der Waals surface area contributed by atoms with Gasteiger partial charge in [0.1, 0.15) is 0 Å². The van der Waals surface area contributed by atoms with Gasteiger partial charge in [0.05, 0.1) is 16.5 Å². The second-order valence-corrected chi connectivity index (χ2v) is 8.24. The fourth-order valence-corrected chi connectivity index (χ4v) is 3.99. The lowest BCUT2D eigenvalue weighted by Gasteiger charge is -2.33. The van der Waals surface area contributed by atoms with Gasteiger partial charge in [0.25, 0.3) is 0 Å². The molecule has 0 aliphatic heterocycles. The molecule has 2 aromatic rings. The fourth-order valence-electron chi connectivity index (χ4n) is 2.65. The molecule has 0 heterocycles. The third kappa shape index (κ3) is 5.26. The normalized spacial score (nSPS) is 15.3. The Kier molecular flexibility index (Phi) is 6.16. The standard InChI is InChI=1S/C20H25NO3S/c1-4-14-20(3,22)19(15-17-8-6-5-7-9-17)21-25(23,24)18-12-10-16(2)11-13-18/h4-13,19,21-22H,1,14-15H2,2-3H3/t19-,20-/m0/s1. The lowest BCUT2D eigenvalue weighted by atomic mass is 9.89. The van der Waals surface area contributed by atoms with E-state index in [0.717, 1.165) is 11.1 Å². The lowest BCUT2D eigenvalue weighted by molar-refractivity contribution is 0.0300. The van der Waals surface area contributed by atoms with Crippen LogP contribution in [0, 0.1) is 6.92 Å². The van der Waals surface area contributed by atoms with Crippen LogP contribution >= 0.6 is 0 Å². The van der Waals surface area contributed by atoms with Crippen molar-refractivity contribution in [2.75, 3.05) is 0 Å². The van der Waals surface area contributed by atoms with E-state index >= 15 is 0 Å². The average Bonchev–Trinajstić information content (AvgIpc) is 2.55. The number of aryl methyl sites for hydroxylation is 1. The van der Waals surface area contributed by atoms with Gasteiger partial charge in [-0.1, -0.05) is 54.1 Å². The van der Waals surface area contributed by atoms with Crippen LogP contribution in [0.5, 0.6) is 0 Å². The molecule has 0 saturated heterocycles. The van der Waals surface area contributed by atoms with Gasteiger partial charge >= 0.3 is 0 Å². The van der Waals surface area contributed by atoms with Gasteiger partial charge in [-0.15, -0.1) is 6.58 Å². The van der Waals surface area contributed by atoms with Crippen LogP contribution in [-0.4, -0.2) is 25.2 Å². The van der Waals surface area contributed by atoms with E-state index in [-0.39, 0.29) is 11.3 Å². The predicted molar refractivity (Wildman–Crippen MR) is 101 cm³/mol. The number of sulfonamides is 1. The number of nitrogens with one attached hydrogen (secondary N) is 1. The molecule has 0 aromatic heterocycles. The summed E-state index contributed by atoms with van der Waals surface area (Å²) in [5, 5.41) is 10.8. The van der Waals surface area contributed by atoms with Crippen molar-refractivity contribution in [2.24, 2.45) is 0 Å². The summed E-state index contributed by atoms with van der Waals surface area (Å²) in [6.07, 6.45) is 2.26. The second-order valence-electron chi connectivity index (χ2n) is 6.53. The minimum atomic E-state index is -3.74. The van der Waals surface area contributed by atoms with E-state index < -0.39 is 21.7 Å². The molecular formula is C20H25NO3S. The summed E-state index contributed by atoms with van der Waals surface area (Å²) in [6.45, 7) is 7.19. The molecule has 2 aromatic carbocycles. The predicted octanol–water partition coefficient (Wildman–Crippen LogP) is 3.21. The minimum absolute atomic E-state index is 0.186. The zero-order valence-electron chi connectivity index (χ0n) is 14.6. The van der Waals surface area contributed by atoms with Gasteiger partial charge in [0.15, 0.2) is 0 Å². The van der Waals surface area contributed by atoms with Gasteiger partial charge in [0, 0.05) is 0 Å². The summed E-state index contributed by atoms with van der Waals surface area (Å²) in [5.41, 5.74) is 0.678. The Bertz CT molecular complexity index is 797. The van der Waals surface area contributed by atoms with Crippen molar-refractivity contribution in [3.63, 3.8) is 0 Å². The zero-order chi connectivity index (χ0) is 18.5. The maximum atomic E-state index is 12.7. The summed E-state index contributed by atoms with van der Waals surface area (Å²) in [5.74, 6) is 0. The molecule has 0 aliphatic carbocycles. The van der Waals surface area contributed by atoms with Crippen molar-refractivity contribution < 1.29 is 13.5 Å². The van der Waals surface area contributed by atoms with Crippen LogP contribution < -0.4 is 4.72 Å². The van der Waals surface area contributed by atoms with E-state index in [9.17, 15) is 13.5 Å². The molecule has 0 saturated carbocycles. The van der Waals surface area contributed by atoms with Crippen molar-refractivity contribution in [1.82, 2.24) is 4.72 Å². The van der Waals surface area contributed by atoms with Crippen LogP contribution in [-0.2, 0) is 16.4 Å². The number of hydrogen-bond acceptors (Lipinski definition) is 3. The first-order valence-corrected chi connectivity index (χ1v) is 9.69. The molecule has 25 heavy (non-hydrogen) atoms. The smallest absolute Gasteiger partial charge is 0.240 e. The third-order valence-corrected chi connectivity index (χ3v) is 5.71. The maximum absolute atomic E-state index is 12.7. The molecule has 0 bridgehead atoms. The van der Waals surface area contributed by atoms with Gasteiger partial charge in [-0.2, -0.15) is 0 Å². The maximum Gasteiger partial charge on any atom is 0.240 e. The first kappa shape index (κ1) is 19.4. The molecule has 2 N–H and O–H groups in total. The van der Waals surface area contributed by atoms with Crippen LogP contribution in [0.3, 0.4) is 0 Å². The van der Waals surface area contributed by atoms with Crippen LogP contribution in [0.25, 0.3) is 0 Å². The number of hydrogen-bond donors (Lipinski definition) is 2. The van der Waals surface area contributed by atoms with Crippen molar-refractivity contribution >= 4 is 10.0 Å². The highest BCUT2D eigenvalue weighted by atomic mass is 32.2. The average molecular weight is 359 g/mol. The van der Waals surface area contributed by atoms with E-state index in [1.165, 1.54) is 0 Å². The Balaban J connectivity index is 2.31. The van der Waals surface area contributed by atoms with Gasteiger partial charge in [0.2, 0.25) is 10.0 Å². The molecule has 0 unspecified atom stereocenters. The zero-order valence-corrected chi connectivity index (χ0v) is 15.5. The molecule has 0 radical (unpaired) electrons. The first-order valence-electron chi connectivity index (χ1n) is 8.21. The van der Waals surface area contributed by atoms with Crippen LogP contribution in [0.1, 0.15) is 24.5 Å². The van der Waals surface area contributed by atoms with Crippen molar-refractivity contribution in [3.8, 4) is 0 Å². The van der Waals surface area contributed by atoms with Crippen molar-refractivity contribution in [3.05, 3.63) is 78.4 Å². The third-order valence-electron chi connectivity index (χ3n) is 4.22. The van der Waals surface area contributed by atoms with E-state index in [0.29, 0.717) is 6.42 Å². The molecule has 0 spiro atoms. The second kappa shape index (κ2) is 7.95. The number of rotatable bonds is 8. The largest absolute Gasteiger partial charge is 0.388 e. The molecule has 0 amide bonds. The Labute approximate surface area is 150 Å². The van der Waals surface area contributed by atoms with Crippen LogP contribution in [0.15, 0.2) is 72.1 Å². The Morgan fingerprint density at radius 2 is 1.76 bits per heavy atom. The highest BCUT2D eigenvalue weighted by Crippen LogP contribution is 2.22. The topological polar surface area (TPSA) is 66.4 Å². The fraction of sp³-hybridized carbons (Fsp3) is 0.300. The van der Waals surface area contributed by atoms with E-state index in [4.69, 9.17) is 0 Å². The molecule has 0 aliphatic rings. The Morgan fingerprint density at radius 3 is 2.32 bits per heavy atom. The Hall–Kier alpha value is -1.95. The number of aliphatic hydroxyl groups is 1. The summed E-state index contributed by atoms with van der Waals surface area (Å²) in [7, 11) is -3.74. The highest BCUT2D eigenvalue weighted by Gasteiger charge is 2.34. The Morgan fingerprint density at radius 1 is 1.16 bits per heavy atom. The molecule has 2 atom stereocenters. The van der Waals surface area contributed by atoms with E-state index in [1.54, 1.807) is 37.3 Å². The molecule has 4 nitrogen and oxygen atoms in total. The van der Waals surface area contributed by atoms with Gasteiger partial charge < -0.3 is 5.11 Å². The summed E-state index contributed by atoms with van der Waals surface area (Å²) in [6, 6.07) is 15.5. The molecule has 5 heteroatoms. The quantitative estimate of drug-likeness (QED) is 0.711. The van der Waals surface area contributed by atoms with Crippen molar-refractivity contribution in [2.45, 2.75) is 43.2 Å². The summed E-state index contributed by atoms with van der Waals surface area (Å²) >= 11 is 0. The molecular weight excluding hydrogens is 334 g/mol. The van der Waals surface area contributed by atoms with E-state index in [1.807, 2.05) is 37.3 Å². The summed E-state index contributed by atoms with van der Waals surface area (Å²) < 4.78 is 28.2. The molecule has 134 valence electrons. The molecule has 0 fully saturated rings. The van der Waals surface area contributed by atoms with Gasteiger partial charge in [-0.05, 0) is 44.4 Å². The van der Waals surface area contributed by atoms with Gasteiger partial charge in [-0.25, -0.2) is 13.1 Å².